The SMILES string of the molecule is C#Cc1c(C2CC=C(O)CC2)ccc2c1/C(=C/c1[nH]ccc1OC)C(=O)N2. The number of ether oxygens (including phenoxy) is 1. The molecule has 0 spiro atoms. The van der Waals surface area contributed by atoms with Gasteiger partial charge in [0.1, 0.15) is 5.75 Å². The van der Waals surface area contributed by atoms with Crippen LogP contribution in [0.5, 0.6) is 5.75 Å². The molecule has 5 nitrogen and oxygen atoms in total. The number of fused-ring (bicyclic) bond motifs is 1. The van der Waals surface area contributed by atoms with Crippen molar-refractivity contribution in [1.29, 1.82) is 0 Å². The van der Waals surface area contributed by atoms with Crippen LogP contribution in [0.25, 0.3) is 11.6 Å². The van der Waals surface area contributed by atoms with Crippen LogP contribution in [-0.2, 0) is 4.79 Å². The second-order valence-electron chi connectivity index (χ2n) is 6.74. The molecule has 0 radical (unpaired) electrons. The highest BCUT2D eigenvalue weighted by Gasteiger charge is 2.30. The highest BCUT2D eigenvalue weighted by atomic mass is 16.5. The second-order valence-corrected chi connectivity index (χ2v) is 6.74. The second kappa shape index (κ2) is 6.73. The van der Waals surface area contributed by atoms with Gasteiger partial charge in [-0.1, -0.05) is 12.0 Å². The van der Waals surface area contributed by atoms with E-state index in [-0.39, 0.29) is 11.8 Å². The van der Waals surface area contributed by atoms with E-state index in [0.717, 1.165) is 40.9 Å². The molecule has 1 atom stereocenters. The molecule has 2 aliphatic rings. The lowest BCUT2D eigenvalue weighted by Crippen LogP contribution is -2.07. The van der Waals surface area contributed by atoms with Gasteiger partial charge >= 0.3 is 0 Å². The maximum atomic E-state index is 12.6. The van der Waals surface area contributed by atoms with Gasteiger partial charge in [0, 0.05) is 23.7 Å². The fourth-order valence-corrected chi connectivity index (χ4v) is 3.85. The molecule has 0 fully saturated rings. The molecule has 5 heteroatoms. The zero-order valence-corrected chi connectivity index (χ0v) is 15.0. The number of rotatable bonds is 3. The summed E-state index contributed by atoms with van der Waals surface area (Å²) in [6.45, 7) is 0. The Labute approximate surface area is 157 Å². The van der Waals surface area contributed by atoms with Crippen LogP contribution < -0.4 is 10.1 Å². The van der Waals surface area contributed by atoms with Crippen molar-refractivity contribution in [2.75, 3.05) is 12.4 Å². The number of nitrogens with one attached hydrogen (secondary N) is 2. The van der Waals surface area contributed by atoms with Gasteiger partial charge in [-0.25, -0.2) is 0 Å². The number of methoxy groups -OCH3 is 1. The van der Waals surface area contributed by atoms with Gasteiger partial charge in [0.2, 0.25) is 0 Å². The summed E-state index contributed by atoms with van der Waals surface area (Å²) in [6, 6.07) is 5.71. The maximum Gasteiger partial charge on any atom is 0.256 e. The Morgan fingerprint density at radius 1 is 1.37 bits per heavy atom. The van der Waals surface area contributed by atoms with E-state index in [4.69, 9.17) is 11.2 Å². The predicted octanol–water partition coefficient (Wildman–Crippen LogP) is 4.21. The Bertz CT molecular complexity index is 1020. The van der Waals surface area contributed by atoms with Crippen LogP contribution in [0.15, 0.2) is 36.2 Å². The highest BCUT2D eigenvalue weighted by molar-refractivity contribution is 6.35. The molecule has 1 aliphatic carbocycles. The minimum absolute atomic E-state index is 0.184. The number of carbonyl (C=O) groups is 1. The lowest BCUT2D eigenvalue weighted by Gasteiger charge is -2.22. The quantitative estimate of drug-likeness (QED) is 0.567. The Kier molecular flexibility index (Phi) is 4.25. The van der Waals surface area contributed by atoms with E-state index in [9.17, 15) is 9.90 Å². The van der Waals surface area contributed by atoms with E-state index in [1.807, 2.05) is 18.2 Å². The molecule has 1 aromatic heterocycles. The van der Waals surface area contributed by atoms with E-state index >= 15 is 0 Å². The van der Waals surface area contributed by atoms with E-state index in [1.165, 1.54) is 0 Å². The smallest absolute Gasteiger partial charge is 0.256 e. The molecule has 1 aliphatic heterocycles. The predicted molar refractivity (Wildman–Crippen MR) is 106 cm³/mol. The van der Waals surface area contributed by atoms with Crippen molar-refractivity contribution in [2.24, 2.45) is 0 Å². The van der Waals surface area contributed by atoms with Crippen molar-refractivity contribution in [3.63, 3.8) is 0 Å². The van der Waals surface area contributed by atoms with Gasteiger partial charge < -0.3 is 20.1 Å². The summed E-state index contributed by atoms with van der Waals surface area (Å²) in [4.78, 5) is 15.7. The van der Waals surface area contributed by atoms with Crippen LogP contribution in [0.4, 0.5) is 5.69 Å². The average molecular weight is 360 g/mol. The van der Waals surface area contributed by atoms with Gasteiger partial charge in [-0.3, -0.25) is 4.79 Å². The Morgan fingerprint density at radius 2 is 2.22 bits per heavy atom. The molecule has 1 unspecified atom stereocenters. The van der Waals surface area contributed by atoms with Crippen LogP contribution in [0, 0.1) is 12.3 Å². The Morgan fingerprint density at radius 3 is 2.93 bits per heavy atom. The first kappa shape index (κ1) is 17.0. The molecule has 1 amide bonds. The number of aromatic nitrogens is 1. The summed E-state index contributed by atoms with van der Waals surface area (Å²) in [5, 5.41) is 12.6. The lowest BCUT2D eigenvalue weighted by molar-refractivity contribution is -0.110. The third-order valence-corrected chi connectivity index (χ3v) is 5.22. The highest BCUT2D eigenvalue weighted by Crippen LogP contribution is 2.42. The van der Waals surface area contributed by atoms with Crippen LogP contribution in [-0.4, -0.2) is 23.1 Å². The number of terminal acetylenes is 1. The number of benzene rings is 1. The summed E-state index contributed by atoms with van der Waals surface area (Å²) in [5.41, 5.74) is 4.51. The van der Waals surface area contributed by atoms with Crippen molar-refractivity contribution in [3.8, 4) is 18.1 Å². The number of hydrogen-bond acceptors (Lipinski definition) is 3. The molecule has 27 heavy (non-hydrogen) atoms. The fourth-order valence-electron chi connectivity index (χ4n) is 3.85. The van der Waals surface area contributed by atoms with Gasteiger partial charge in [-0.05, 0) is 48.6 Å². The number of aromatic amines is 1. The third kappa shape index (κ3) is 2.89. The van der Waals surface area contributed by atoms with Crippen LogP contribution in [0.3, 0.4) is 0 Å². The molecule has 0 saturated heterocycles. The first-order valence-electron chi connectivity index (χ1n) is 8.88. The summed E-state index contributed by atoms with van der Waals surface area (Å²) in [7, 11) is 1.59. The van der Waals surface area contributed by atoms with Gasteiger partial charge in [-0.2, -0.15) is 0 Å². The van der Waals surface area contributed by atoms with E-state index in [0.29, 0.717) is 23.5 Å². The molecule has 4 rings (SSSR count). The Balaban J connectivity index is 1.84. The summed E-state index contributed by atoms with van der Waals surface area (Å²) in [6.07, 6.45) is 13.5. The van der Waals surface area contributed by atoms with E-state index < -0.39 is 0 Å². The van der Waals surface area contributed by atoms with Crippen LogP contribution in [0.1, 0.15) is 47.6 Å². The number of anilines is 1. The van der Waals surface area contributed by atoms with Crippen LogP contribution in [0.2, 0.25) is 0 Å². The molecule has 2 heterocycles. The minimum atomic E-state index is -0.184. The fraction of sp³-hybridized carbons (Fsp3) is 0.227. The molecule has 136 valence electrons. The van der Waals surface area contributed by atoms with Crippen molar-refractivity contribution in [2.45, 2.75) is 25.2 Å². The third-order valence-electron chi connectivity index (χ3n) is 5.22. The molecule has 2 aromatic rings. The standard InChI is InChI=1S/C22H20N2O3/c1-3-15-16(13-4-6-14(25)7-5-13)8-9-18-21(15)17(22(26)24-18)12-19-20(27-2)10-11-23-19/h1,6,8-13,23,25H,4-5,7H2,2H3,(H,24,26)/b17-12-. The summed E-state index contributed by atoms with van der Waals surface area (Å²) < 4.78 is 5.33. The first-order valence-corrected chi connectivity index (χ1v) is 8.88. The summed E-state index contributed by atoms with van der Waals surface area (Å²) >= 11 is 0. The monoisotopic (exact) mass is 360 g/mol. The average Bonchev–Trinajstić information content (AvgIpc) is 3.26. The zero-order valence-electron chi connectivity index (χ0n) is 15.0. The molecule has 0 bridgehead atoms. The van der Waals surface area contributed by atoms with Gasteiger partial charge in [0.25, 0.3) is 5.91 Å². The van der Waals surface area contributed by atoms with Gasteiger partial charge in [0.05, 0.1) is 29.8 Å². The number of carbonyl (C=O) groups excluding carboxylic acids is 1. The number of allylic oxidation sites excluding steroid dienone is 2. The van der Waals surface area contributed by atoms with Gasteiger partial charge in [-0.15, -0.1) is 6.42 Å². The van der Waals surface area contributed by atoms with E-state index in [1.54, 1.807) is 25.4 Å². The first-order chi connectivity index (χ1) is 13.1. The molecule has 0 saturated carbocycles. The van der Waals surface area contributed by atoms with E-state index in [2.05, 4.69) is 16.2 Å². The van der Waals surface area contributed by atoms with Gasteiger partial charge in [0.15, 0.2) is 0 Å². The van der Waals surface area contributed by atoms with Crippen molar-refractivity contribution < 1.29 is 14.6 Å². The Hall–Kier alpha value is -3.39. The molecular formula is C22H20N2O3. The normalized spacial score (nSPS) is 20.0. The zero-order chi connectivity index (χ0) is 19.0. The molecule has 3 N–H and O–H groups in total. The van der Waals surface area contributed by atoms with Crippen molar-refractivity contribution in [3.05, 3.63) is 58.6 Å². The molecule has 1 aromatic carbocycles. The van der Waals surface area contributed by atoms with Crippen molar-refractivity contribution in [1.82, 2.24) is 4.98 Å². The number of amides is 1. The van der Waals surface area contributed by atoms with Crippen LogP contribution >= 0.6 is 0 Å². The number of aliphatic hydroxyl groups excluding tert-OH is 1. The van der Waals surface area contributed by atoms with Crippen molar-refractivity contribution >= 4 is 23.2 Å². The lowest BCUT2D eigenvalue weighted by atomic mass is 9.82. The maximum absolute atomic E-state index is 12.6. The molecular weight excluding hydrogens is 340 g/mol. The largest absolute Gasteiger partial charge is 0.513 e. The number of hydrogen-bond donors (Lipinski definition) is 3. The summed E-state index contributed by atoms with van der Waals surface area (Å²) in [5.74, 6) is 3.95. The minimum Gasteiger partial charge on any atom is -0.513 e. The number of H-pyrrole nitrogens is 1. The number of aliphatic hydroxyl groups is 1. The topological polar surface area (TPSA) is 74.3 Å².